The smallest absolute Gasteiger partial charge is 0.289 e. The fourth-order valence-corrected chi connectivity index (χ4v) is 1.52. The van der Waals surface area contributed by atoms with Crippen LogP contribution in [0.3, 0.4) is 0 Å². The van der Waals surface area contributed by atoms with Crippen molar-refractivity contribution in [3.05, 3.63) is 23.2 Å². The second-order valence-electron chi connectivity index (χ2n) is 2.84. The highest BCUT2D eigenvalue weighted by molar-refractivity contribution is 6.33. The standard InChI is InChI=1S/C8H8ClN3/c1-5-3-10-8-6(5)7(9)12(2)4-11-8/h3-4H,1-2H3/p+1. The van der Waals surface area contributed by atoms with E-state index in [9.17, 15) is 0 Å². The highest BCUT2D eigenvalue weighted by atomic mass is 35.5. The van der Waals surface area contributed by atoms with Crippen molar-refractivity contribution < 1.29 is 4.57 Å². The first-order chi connectivity index (χ1) is 5.70. The molecule has 0 fully saturated rings. The monoisotopic (exact) mass is 182 g/mol. The Morgan fingerprint density at radius 2 is 2.33 bits per heavy atom. The molecule has 2 aromatic rings. The van der Waals surface area contributed by atoms with Crippen LogP contribution in [0, 0.1) is 6.92 Å². The second-order valence-corrected chi connectivity index (χ2v) is 3.20. The Morgan fingerprint density at radius 1 is 1.58 bits per heavy atom. The fourth-order valence-electron chi connectivity index (χ4n) is 1.24. The first kappa shape index (κ1) is 7.55. The number of aromatic nitrogens is 3. The predicted octanol–water partition coefficient (Wildman–Crippen LogP) is 1.35. The summed E-state index contributed by atoms with van der Waals surface area (Å²) in [7, 11) is 1.88. The number of hydrogen-bond donors (Lipinski definition) is 1. The molecule has 0 amide bonds. The lowest BCUT2D eigenvalue weighted by molar-refractivity contribution is -0.670. The van der Waals surface area contributed by atoms with Gasteiger partial charge in [0.15, 0.2) is 0 Å². The van der Waals surface area contributed by atoms with Crippen molar-refractivity contribution in [1.29, 1.82) is 0 Å². The van der Waals surface area contributed by atoms with Crippen LogP contribution in [0.5, 0.6) is 0 Å². The van der Waals surface area contributed by atoms with Crippen molar-refractivity contribution in [2.45, 2.75) is 6.92 Å². The minimum absolute atomic E-state index is 0.721. The molecule has 0 saturated heterocycles. The molecule has 2 rings (SSSR count). The molecule has 0 aromatic carbocycles. The molecule has 0 aliphatic rings. The van der Waals surface area contributed by atoms with Crippen LogP contribution in [0.25, 0.3) is 11.0 Å². The Kier molecular flexibility index (Phi) is 1.54. The van der Waals surface area contributed by atoms with Crippen molar-refractivity contribution in [2.75, 3.05) is 0 Å². The van der Waals surface area contributed by atoms with E-state index in [-0.39, 0.29) is 0 Å². The zero-order chi connectivity index (χ0) is 8.72. The molecule has 0 aliphatic carbocycles. The summed E-state index contributed by atoms with van der Waals surface area (Å²) < 4.78 is 1.80. The van der Waals surface area contributed by atoms with Gasteiger partial charge in [0.05, 0.1) is 7.05 Å². The normalized spacial score (nSPS) is 10.9. The molecule has 0 aliphatic heterocycles. The molecule has 2 heterocycles. The van der Waals surface area contributed by atoms with E-state index in [1.807, 2.05) is 20.2 Å². The van der Waals surface area contributed by atoms with Crippen molar-refractivity contribution >= 4 is 22.6 Å². The number of H-pyrrole nitrogens is 1. The van der Waals surface area contributed by atoms with Crippen LogP contribution in [0.2, 0.25) is 5.15 Å². The lowest BCUT2D eigenvalue weighted by Crippen LogP contribution is -2.29. The average Bonchev–Trinajstić information content (AvgIpc) is 2.41. The van der Waals surface area contributed by atoms with Gasteiger partial charge >= 0.3 is 0 Å². The largest absolute Gasteiger partial charge is 0.325 e. The molecule has 0 bridgehead atoms. The molecule has 12 heavy (non-hydrogen) atoms. The Morgan fingerprint density at radius 3 is 3.08 bits per heavy atom. The minimum Gasteiger partial charge on any atom is -0.325 e. The van der Waals surface area contributed by atoms with Crippen LogP contribution in [0.4, 0.5) is 0 Å². The first-order valence-electron chi connectivity index (χ1n) is 3.68. The van der Waals surface area contributed by atoms with Gasteiger partial charge in [-0.15, -0.1) is 0 Å². The highest BCUT2D eigenvalue weighted by Crippen LogP contribution is 2.20. The number of aryl methyl sites for hydroxylation is 2. The van der Waals surface area contributed by atoms with Crippen LogP contribution >= 0.6 is 11.6 Å². The van der Waals surface area contributed by atoms with Crippen LogP contribution in [-0.4, -0.2) is 9.97 Å². The van der Waals surface area contributed by atoms with Gasteiger partial charge in [0, 0.05) is 6.20 Å². The minimum atomic E-state index is 0.721. The van der Waals surface area contributed by atoms with Gasteiger partial charge in [0.1, 0.15) is 5.39 Å². The quantitative estimate of drug-likeness (QED) is 0.484. The molecular formula is C8H9ClN3+. The summed E-state index contributed by atoms with van der Waals surface area (Å²) in [6, 6.07) is 0. The SMILES string of the molecule is Cc1c[nH]c2nc[n+](C)c(Cl)c12. The van der Waals surface area contributed by atoms with E-state index in [1.165, 1.54) is 0 Å². The van der Waals surface area contributed by atoms with Crippen molar-refractivity contribution in [1.82, 2.24) is 9.97 Å². The molecular weight excluding hydrogens is 174 g/mol. The van der Waals surface area contributed by atoms with Gasteiger partial charge < -0.3 is 4.98 Å². The number of hydrogen-bond acceptors (Lipinski definition) is 1. The third kappa shape index (κ3) is 0.898. The second kappa shape index (κ2) is 2.45. The summed E-state index contributed by atoms with van der Waals surface area (Å²) in [6.45, 7) is 2.01. The van der Waals surface area contributed by atoms with E-state index in [0.29, 0.717) is 0 Å². The van der Waals surface area contributed by atoms with Gasteiger partial charge in [-0.3, -0.25) is 0 Å². The summed E-state index contributed by atoms with van der Waals surface area (Å²) in [4.78, 5) is 7.23. The molecule has 0 atom stereocenters. The maximum absolute atomic E-state index is 6.08. The molecule has 0 radical (unpaired) electrons. The molecule has 62 valence electrons. The molecule has 0 spiro atoms. The van der Waals surface area contributed by atoms with Gasteiger partial charge in [-0.25, -0.2) is 4.57 Å². The Balaban J connectivity index is 2.96. The van der Waals surface area contributed by atoms with E-state index in [1.54, 1.807) is 10.9 Å². The zero-order valence-corrected chi connectivity index (χ0v) is 7.68. The van der Waals surface area contributed by atoms with Gasteiger partial charge in [-0.05, 0) is 29.1 Å². The van der Waals surface area contributed by atoms with Crippen LogP contribution in [0.15, 0.2) is 12.5 Å². The van der Waals surface area contributed by atoms with E-state index in [4.69, 9.17) is 11.6 Å². The van der Waals surface area contributed by atoms with Crippen LogP contribution in [-0.2, 0) is 7.05 Å². The number of nitrogens with one attached hydrogen (secondary N) is 1. The summed E-state index contributed by atoms with van der Waals surface area (Å²) >= 11 is 6.08. The number of aromatic amines is 1. The molecule has 0 saturated carbocycles. The van der Waals surface area contributed by atoms with Gasteiger partial charge in [-0.2, -0.15) is 0 Å². The van der Waals surface area contributed by atoms with Crippen molar-refractivity contribution in [2.24, 2.45) is 7.05 Å². The van der Waals surface area contributed by atoms with E-state index in [2.05, 4.69) is 9.97 Å². The predicted molar refractivity (Wildman–Crippen MR) is 47.0 cm³/mol. The highest BCUT2D eigenvalue weighted by Gasteiger charge is 2.13. The summed E-state index contributed by atoms with van der Waals surface area (Å²) in [5.41, 5.74) is 1.97. The molecule has 4 heteroatoms. The molecule has 2 aromatic heterocycles. The third-order valence-electron chi connectivity index (χ3n) is 1.93. The van der Waals surface area contributed by atoms with Gasteiger partial charge in [0.25, 0.3) is 12.0 Å². The number of nitrogens with zero attached hydrogens (tertiary/aromatic N) is 2. The molecule has 3 nitrogen and oxygen atoms in total. The van der Waals surface area contributed by atoms with Crippen LogP contribution < -0.4 is 4.57 Å². The fraction of sp³-hybridized carbons (Fsp3) is 0.250. The topological polar surface area (TPSA) is 32.6 Å². The Hall–Kier alpha value is -1.09. The lowest BCUT2D eigenvalue weighted by atomic mass is 10.3. The van der Waals surface area contributed by atoms with Gasteiger partial charge in [-0.1, -0.05) is 0 Å². The number of halogens is 1. The van der Waals surface area contributed by atoms with Crippen LogP contribution in [0.1, 0.15) is 5.56 Å². The number of fused-ring (bicyclic) bond motifs is 1. The van der Waals surface area contributed by atoms with E-state index in [0.717, 1.165) is 21.7 Å². The molecule has 1 N–H and O–H groups in total. The van der Waals surface area contributed by atoms with Gasteiger partial charge in [0.2, 0.25) is 5.15 Å². The third-order valence-corrected chi connectivity index (χ3v) is 2.39. The van der Waals surface area contributed by atoms with Crippen molar-refractivity contribution in [3.63, 3.8) is 0 Å². The number of rotatable bonds is 0. The summed E-state index contributed by atoms with van der Waals surface area (Å²) in [6.07, 6.45) is 3.60. The zero-order valence-electron chi connectivity index (χ0n) is 6.93. The van der Waals surface area contributed by atoms with Crippen molar-refractivity contribution in [3.8, 4) is 0 Å². The summed E-state index contributed by atoms with van der Waals surface area (Å²) in [5, 5.41) is 1.72. The maximum atomic E-state index is 6.08. The lowest BCUT2D eigenvalue weighted by Gasteiger charge is -1.93. The summed E-state index contributed by atoms with van der Waals surface area (Å²) in [5.74, 6) is 0. The maximum Gasteiger partial charge on any atom is 0.289 e. The molecule has 0 unspecified atom stereocenters. The average molecular weight is 183 g/mol. The first-order valence-corrected chi connectivity index (χ1v) is 4.06. The Labute approximate surface area is 75.0 Å². The van der Waals surface area contributed by atoms with E-state index < -0.39 is 0 Å². The van der Waals surface area contributed by atoms with E-state index >= 15 is 0 Å². The Bertz CT molecular complexity index is 433.